The Balaban J connectivity index is 2.25. The largest absolute Gasteiger partial charge is 0.452 e. The summed E-state index contributed by atoms with van der Waals surface area (Å²) >= 11 is 17.8. The summed E-state index contributed by atoms with van der Waals surface area (Å²) < 4.78 is 4.98. The zero-order valence-corrected chi connectivity index (χ0v) is 13.8. The van der Waals surface area contributed by atoms with Crippen molar-refractivity contribution < 1.29 is 9.21 Å². The molecule has 0 aliphatic rings. The fourth-order valence-electron chi connectivity index (χ4n) is 1.92. The first kappa shape index (κ1) is 16.2. The van der Waals surface area contributed by atoms with E-state index in [1.165, 1.54) is 6.26 Å². The van der Waals surface area contributed by atoms with Gasteiger partial charge in [-0.15, -0.1) is 0 Å². The van der Waals surface area contributed by atoms with Crippen molar-refractivity contribution in [1.82, 2.24) is 4.90 Å². The van der Waals surface area contributed by atoms with Crippen LogP contribution in [0.1, 0.15) is 29.8 Å². The maximum Gasteiger partial charge on any atom is 0.259 e. The molecule has 0 saturated heterocycles. The van der Waals surface area contributed by atoms with E-state index in [9.17, 15) is 4.79 Å². The Morgan fingerprint density at radius 1 is 1.19 bits per heavy atom. The van der Waals surface area contributed by atoms with Crippen molar-refractivity contribution in [2.24, 2.45) is 0 Å². The van der Waals surface area contributed by atoms with Gasteiger partial charge in [0.05, 0.1) is 21.9 Å². The molecule has 0 fully saturated rings. The van der Waals surface area contributed by atoms with Crippen LogP contribution < -0.4 is 0 Å². The van der Waals surface area contributed by atoms with Crippen molar-refractivity contribution in [3.05, 3.63) is 56.9 Å². The van der Waals surface area contributed by atoms with Gasteiger partial charge in [0.25, 0.3) is 5.91 Å². The van der Waals surface area contributed by atoms with Gasteiger partial charge in [0.2, 0.25) is 5.22 Å². The van der Waals surface area contributed by atoms with Gasteiger partial charge in [-0.25, -0.2) is 0 Å². The summed E-state index contributed by atoms with van der Waals surface area (Å²) in [5, 5.41) is 1.05. The molecule has 2 aromatic rings. The second-order valence-corrected chi connectivity index (χ2v) is 6.04. The summed E-state index contributed by atoms with van der Waals surface area (Å²) in [6, 6.07) is 6.87. The first-order valence-electron chi connectivity index (χ1n) is 6.38. The van der Waals surface area contributed by atoms with E-state index in [1.54, 1.807) is 23.1 Å². The summed E-state index contributed by atoms with van der Waals surface area (Å²) in [7, 11) is 0. The zero-order valence-electron chi connectivity index (χ0n) is 11.6. The van der Waals surface area contributed by atoms with Gasteiger partial charge in [0.15, 0.2) is 0 Å². The molecule has 0 aliphatic carbocycles. The molecule has 112 valence electrons. The molecule has 0 saturated carbocycles. The molecular weight excluding hydrogens is 333 g/mol. The number of rotatable bonds is 4. The van der Waals surface area contributed by atoms with Crippen molar-refractivity contribution in [2.45, 2.75) is 26.4 Å². The molecule has 0 N–H and O–H groups in total. The van der Waals surface area contributed by atoms with Crippen molar-refractivity contribution in [2.75, 3.05) is 0 Å². The van der Waals surface area contributed by atoms with Crippen molar-refractivity contribution in [3.8, 4) is 0 Å². The molecule has 1 aromatic heterocycles. The van der Waals surface area contributed by atoms with Crippen LogP contribution >= 0.6 is 34.8 Å². The number of benzene rings is 1. The molecule has 3 nitrogen and oxygen atoms in total. The average Bonchev–Trinajstić information content (AvgIpc) is 2.85. The minimum atomic E-state index is -0.185. The SMILES string of the molecule is CC(C)N(Cc1ccc(Cl)c(Cl)c1)C(=O)c1ccoc1Cl. The molecule has 2 rings (SSSR count). The Kier molecular flexibility index (Phi) is 5.20. The summed E-state index contributed by atoms with van der Waals surface area (Å²) in [6.45, 7) is 4.28. The van der Waals surface area contributed by atoms with Gasteiger partial charge in [-0.1, -0.05) is 29.3 Å². The molecule has 0 unspecified atom stereocenters. The summed E-state index contributed by atoms with van der Waals surface area (Å²) in [5.41, 5.74) is 1.25. The fourth-order valence-corrected chi connectivity index (χ4v) is 2.44. The lowest BCUT2D eigenvalue weighted by Crippen LogP contribution is -2.36. The maximum atomic E-state index is 12.5. The Bertz CT molecular complexity index is 652. The normalized spacial score (nSPS) is 11.0. The summed E-state index contributed by atoms with van der Waals surface area (Å²) in [4.78, 5) is 14.2. The first-order valence-corrected chi connectivity index (χ1v) is 7.51. The molecule has 0 spiro atoms. The third-order valence-corrected chi connectivity index (χ3v) is 4.10. The van der Waals surface area contributed by atoms with Crippen LogP contribution in [-0.4, -0.2) is 16.8 Å². The van der Waals surface area contributed by atoms with E-state index in [0.29, 0.717) is 22.2 Å². The lowest BCUT2D eigenvalue weighted by Gasteiger charge is -2.26. The number of halogens is 3. The molecule has 0 atom stereocenters. The van der Waals surface area contributed by atoms with Gasteiger partial charge in [0.1, 0.15) is 0 Å². The Hall–Kier alpha value is -1.16. The quantitative estimate of drug-likeness (QED) is 0.753. The van der Waals surface area contributed by atoms with E-state index in [4.69, 9.17) is 39.2 Å². The van der Waals surface area contributed by atoms with Crippen LogP contribution in [0.5, 0.6) is 0 Å². The molecule has 0 bridgehead atoms. The predicted octanol–water partition coefficient (Wildman–Crippen LogP) is 5.29. The van der Waals surface area contributed by atoms with Gasteiger partial charge >= 0.3 is 0 Å². The predicted molar refractivity (Wildman–Crippen MR) is 85.2 cm³/mol. The van der Waals surface area contributed by atoms with Gasteiger partial charge in [-0.3, -0.25) is 4.79 Å². The molecule has 1 aromatic carbocycles. The number of carbonyl (C=O) groups is 1. The first-order chi connectivity index (χ1) is 9.90. The van der Waals surface area contributed by atoms with Crippen LogP contribution in [0.15, 0.2) is 34.9 Å². The number of amides is 1. The van der Waals surface area contributed by atoms with Gasteiger partial charge in [0, 0.05) is 12.6 Å². The van der Waals surface area contributed by atoms with Crippen LogP contribution in [0.2, 0.25) is 15.3 Å². The van der Waals surface area contributed by atoms with Crippen LogP contribution in [0, 0.1) is 0 Å². The Morgan fingerprint density at radius 3 is 2.43 bits per heavy atom. The zero-order chi connectivity index (χ0) is 15.6. The lowest BCUT2D eigenvalue weighted by molar-refractivity contribution is 0.0690. The third-order valence-electron chi connectivity index (χ3n) is 3.07. The summed E-state index contributed by atoms with van der Waals surface area (Å²) in [5.74, 6) is -0.185. The van der Waals surface area contributed by atoms with Crippen molar-refractivity contribution in [1.29, 1.82) is 0 Å². The number of hydrogen-bond acceptors (Lipinski definition) is 2. The smallest absolute Gasteiger partial charge is 0.259 e. The second kappa shape index (κ2) is 6.73. The summed E-state index contributed by atoms with van der Waals surface area (Å²) in [6.07, 6.45) is 1.40. The highest BCUT2D eigenvalue weighted by molar-refractivity contribution is 6.42. The second-order valence-electron chi connectivity index (χ2n) is 4.88. The number of carbonyl (C=O) groups excluding carboxylic acids is 1. The fraction of sp³-hybridized carbons (Fsp3) is 0.267. The van der Waals surface area contributed by atoms with E-state index in [0.717, 1.165) is 5.56 Å². The highest BCUT2D eigenvalue weighted by Gasteiger charge is 2.23. The molecular formula is C15H14Cl3NO2. The molecule has 1 amide bonds. The van der Waals surface area contributed by atoms with E-state index in [2.05, 4.69) is 0 Å². The number of furan rings is 1. The monoisotopic (exact) mass is 345 g/mol. The molecule has 1 heterocycles. The number of hydrogen-bond donors (Lipinski definition) is 0. The van der Waals surface area contributed by atoms with Crippen LogP contribution in [0.3, 0.4) is 0 Å². The molecule has 0 radical (unpaired) electrons. The maximum absolute atomic E-state index is 12.5. The van der Waals surface area contributed by atoms with Crippen LogP contribution in [-0.2, 0) is 6.54 Å². The van der Waals surface area contributed by atoms with Crippen LogP contribution in [0.4, 0.5) is 0 Å². The van der Waals surface area contributed by atoms with Crippen LogP contribution in [0.25, 0.3) is 0 Å². The van der Waals surface area contributed by atoms with E-state index in [-0.39, 0.29) is 17.2 Å². The van der Waals surface area contributed by atoms with Gasteiger partial charge < -0.3 is 9.32 Å². The van der Waals surface area contributed by atoms with Gasteiger partial charge in [-0.05, 0) is 49.2 Å². The standard InChI is InChI=1S/C15H14Cl3NO2/c1-9(2)19(15(20)11-5-6-21-14(11)18)8-10-3-4-12(16)13(17)7-10/h3-7,9H,8H2,1-2H3. The highest BCUT2D eigenvalue weighted by atomic mass is 35.5. The minimum absolute atomic E-state index is 0.00193. The average molecular weight is 347 g/mol. The minimum Gasteiger partial charge on any atom is -0.452 e. The Morgan fingerprint density at radius 2 is 1.90 bits per heavy atom. The topological polar surface area (TPSA) is 33.5 Å². The molecule has 21 heavy (non-hydrogen) atoms. The van der Waals surface area contributed by atoms with Gasteiger partial charge in [-0.2, -0.15) is 0 Å². The Labute approximate surface area is 138 Å². The van der Waals surface area contributed by atoms with E-state index in [1.807, 2.05) is 19.9 Å². The molecule has 6 heteroatoms. The van der Waals surface area contributed by atoms with E-state index >= 15 is 0 Å². The molecule has 0 aliphatic heterocycles. The number of nitrogens with zero attached hydrogens (tertiary/aromatic N) is 1. The van der Waals surface area contributed by atoms with Crippen molar-refractivity contribution in [3.63, 3.8) is 0 Å². The third kappa shape index (κ3) is 3.73. The lowest BCUT2D eigenvalue weighted by atomic mass is 10.1. The van der Waals surface area contributed by atoms with Crippen molar-refractivity contribution >= 4 is 40.7 Å². The highest BCUT2D eigenvalue weighted by Crippen LogP contribution is 2.25. The van der Waals surface area contributed by atoms with E-state index < -0.39 is 0 Å².